The van der Waals surface area contributed by atoms with Gasteiger partial charge in [0.2, 0.25) is 0 Å². The SMILES string of the molecule is CSc1ccc(C(O)C(O)CN=[N+]=[N-])cc1. The minimum atomic E-state index is -1.07. The predicted molar refractivity (Wildman–Crippen MR) is 63.2 cm³/mol. The third kappa shape index (κ3) is 3.43. The lowest BCUT2D eigenvalue weighted by Gasteiger charge is -2.16. The molecule has 0 radical (unpaired) electrons. The van der Waals surface area contributed by atoms with Crippen molar-refractivity contribution < 1.29 is 10.2 Å². The number of nitrogens with zero attached hydrogens (tertiary/aromatic N) is 3. The highest BCUT2D eigenvalue weighted by atomic mass is 32.2. The molecule has 0 saturated heterocycles. The molecule has 2 unspecified atom stereocenters. The number of thioether (sulfide) groups is 1. The molecule has 0 aliphatic rings. The van der Waals surface area contributed by atoms with Crippen LogP contribution < -0.4 is 0 Å². The summed E-state index contributed by atoms with van der Waals surface area (Å²) < 4.78 is 0. The van der Waals surface area contributed by atoms with Crippen LogP contribution in [-0.2, 0) is 0 Å². The smallest absolute Gasteiger partial charge is 0.105 e. The summed E-state index contributed by atoms with van der Waals surface area (Å²) in [6.45, 7) is -0.137. The third-order valence-electron chi connectivity index (χ3n) is 2.15. The average molecular weight is 239 g/mol. The van der Waals surface area contributed by atoms with Gasteiger partial charge in [0.15, 0.2) is 0 Å². The molecule has 0 amide bonds. The van der Waals surface area contributed by atoms with Gasteiger partial charge < -0.3 is 10.2 Å². The van der Waals surface area contributed by atoms with Gasteiger partial charge in [-0.3, -0.25) is 0 Å². The van der Waals surface area contributed by atoms with E-state index in [2.05, 4.69) is 10.0 Å². The van der Waals surface area contributed by atoms with Gasteiger partial charge in [0, 0.05) is 9.81 Å². The summed E-state index contributed by atoms with van der Waals surface area (Å²) in [5, 5.41) is 22.5. The van der Waals surface area contributed by atoms with Gasteiger partial charge in [-0.15, -0.1) is 11.8 Å². The molecule has 2 atom stereocenters. The zero-order chi connectivity index (χ0) is 12.0. The normalized spacial score (nSPS) is 13.9. The van der Waals surface area contributed by atoms with Gasteiger partial charge >= 0.3 is 0 Å². The van der Waals surface area contributed by atoms with Crippen molar-refractivity contribution in [3.8, 4) is 0 Å². The summed E-state index contributed by atoms with van der Waals surface area (Å²) in [5.41, 5.74) is 8.71. The molecule has 0 heterocycles. The van der Waals surface area contributed by atoms with Crippen LogP contribution >= 0.6 is 11.8 Å². The quantitative estimate of drug-likeness (QED) is 0.357. The molecule has 0 aliphatic carbocycles. The van der Waals surface area contributed by atoms with E-state index in [-0.39, 0.29) is 6.54 Å². The summed E-state index contributed by atoms with van der Waals surface area (Å²) >= 11 is 1.60. The Hall–Kier alpha value is -1.20. The van der Waals surface area contributed by atoms with Gasteiger partial charge in [-0.25, -0.2) is 0 Å². The van der Waals surface area contributed by atoms with Crippen LogP contribution in [0, 0.1) is 0 Å². The van der Waals surface area contributed by atoms with Crippen molar-refractivity contribution in [2.45, 2.75) is 17.1 Å². The summed E-state index contributed by atoms with van der Waals surface area (Å²) in [4.78, 5) is 3.61. The zero-order valence-corrected chi connectivity index (χ0v) is 9.63. The summed E-state index contributed by atoms with van der Waals surface area (Å²) in [7, 11) is 0. The number of benzene rings is 1. The van der Waals surface area contributed by atoms with Crippen LogP contribution in [0.3, 0.4) is 0 Å². The first kappa shape index (κ1) is 12.9. The first-order valence-electron chi connectivity index (χ1n) is 4.70. The number of aliphatic hydroxyl groups excluding tert-OH is 2. The molecule has 1 rings (SSSR count). The third-order valence-corrected chi connectivity index (χ3v) is 2.90. The van der Waals surface area contributed by atoms with Crippen molar-refractivity contribution in [2.75, 3.05) is 12.8 Å². The Morgan fingerprint density at radius 2 is 2.00 bits per heavy atom. The maximum absolute atomic E-state index is 9.74. The van der Waals surface area contributed by atoms with Crippen LogP contribution in [0.4, 0.5) is 0 Å². The van der Waals surface area contributed by atoms with Crippen molar-refractivity contribution in [3.63, 3.8) is 0 Å². The van der Waals surface area contributed by atoms with Crippen LogP contribution in [0.2, 0.25) is 0 Å². The van der Waals surface area contributed by atoms with Crippen LogP contribution in [0.5, 0.6) is 0 Å². The maximum Gasteiger partial charge on any atom is 0.105 e. The van der Waals surface area contributed by atoms with Crippen molar-refractivity contribution in [1.29, 1.82) is 0 Å². The molecule has 0 aliphatic heterocycles. The first-order chi connectivity index (χ1) is 7.69. The van der Waals surface area contributed by atoms with Crippen molar-refractivity contribution in [1.82, 2.24) is 0 Å². The Bertz CT molecular complexity index is 376. The lowest BCUT2D eigenvalue weighted by atomic mass is 10.0. The molecule has 2 N–H and O–H groups in total. The Morgan fingerprint density at radius 3 is 2.50 bits per heavy atom. The molecule has 0 spiro atoms. The van der Waals surface area contributed by atoms with Gasteiger partial charge in [-0.2, -0.15) is 0 Å². The second kappa shape index (κ2) is 6.40. The molecule has 0 fully saturated rings. The largest absolute Gasteiger partial charge is 0.390 e. The average Bonchev–Trinajstić information content (AvgIpc) is 2.35. The lowest BCUT2D eigenvalue weighted by Crippen LogP contribution is -2.21. The van der Waals surface area contributed by atoms with Crippen LogP contribution in [-0.4, -0.2) is 29.1 Å². The number of rotatable bonds is 5. The monoisotopic (exact) mass is 239 g/mol. The highest BCUT2D eigenvalue weighted by molar-refractivity contribution is 7.98. The molecule has 0 saturated carbocycles. The lowest BCUT2D eigenvalue weighted by molar-refractivity contribution is 0.0244. The van der Waals surface area contributed by atoms with Crippen LogP contribution in [0.1, 0.15) is 11.7 Å². The van der Waals surface area contributed by atoms with E-state index in [9.17, 15) is 10.2 Å². The first-order valence-corrected chi connectivity index (χ1v) is 5.92. The van der Waals surface area contributed by atoms with E-state index in [0.29, 0.717) is 5.56 Å². The van der Waals surface area contributed by atoms with E-state index in [4.69, 9.17) is 5.53 Å². The summed E-state index contributed by atoms with van der Waals surface area (Å²) in [6.07, 6.45) is -0.139. The second-order valence-electron chi connectivity index (χ2n) is 3.20. The summed E-state index contributed by atoms with van der Waals surface area (Å²) in [5.74, 6) is 0. The molecule has 5 nitrogen and oxygen atoms in total. The molecule has 1 aromatic rings. The minimum Gasteiger partial charge on any atom is -0.390 e. The molecular weight excluding hydrogens is 226 g/mol. The van der Waals surface area contributed by atoms with Gasteiger partial charge in [0.25, 0.3) is 0 Å². The minimum absolute atomic E-state index is 0.137. The topological polar surface area (TPSA) is 89.2 Å². The fourth-order valence-electron chi connectivity index (χ4n) is 1.24. The molecule has 16 heavy (non-hydrogen) atoms. The number of hydrogen-bond donors (Lipinski definition) is 2. The van der Waals surface area contributed by atoms with Gasteiger partial charge in [0.1, 0.15) is 6.10 Å². The highest BCUT2D eigenvalue weighted by Gasteiger charge is 2.17. The van der Waals surface area contributed by atoms with E-state index in [1.54, 1.807) is 23.9 Å². The van der Waals surface area contributed by atoms with Gasteiger partial charge in [-0.05, 0) is 29.5 Å². The van der Waals surface area contributed by atoms with Gasteiger partial charge in [0.05, 0.1) is 12.6 Å². The highest BCUT2D eigenvalue weighted by Crippen LogP contribution is 2.21. The van der Waals surface area contributed by atoms with Crippen LogP contribution in [0.25, 0.3) is 10.4 Å². The maximum atomic E-state index is 9.74. The van der Waals surface area contributed by atoms with E-state index in [1.807, 2.05) is 18.4 Å². The number of aliphatic hydroxyl groups is 2. The Kier molecular flexibility index (Phi) is 5.14. The van der Waals surface area contributed by atoms with E-state index in [0.717, 1.165) is 4.90 Å². The molecule has 86 valence electrons. The summed E-state index contributed by atoms with van der Waals surface area (Å²) in [6, 6.07) is 7.22. The Labute approximate surface area is 97.7 Å². The van der Waals surface area contributed by atoms with E-state index >= 15 is 0 Å². The Morgan fingerprint density at radius 1 is 1.38 bits per heavy atom. The second-order valence-corrected chi connectivity index (χ2v) is 4.08. The number of azide groups is 1. The predicted octanol–water partition coefficient (Wildman–Crippen LogP) is 2.11. The molecular formula is C10H13N3O2S. The fraction of sp³-hybridized carbons (Fsp3) is 0.400. The van der Waals surface area contributed by atoms with E-state index < -0.39 is 12.2 Å². The number of hydrogen-bond acceptors (Lipinski definition) is 4. The standard InChI is InChI=1S/C10H13N3O2S/c1-16-8-4-2-7(3-5-8)10(15)9(14)6-12-13-11/h2-5,9-10,14-15H,6H2,1H3. The molecule has 0 aromatic heterocycles. The van der Waals surface area contributed by atoms with Crippen molar-refractivity contribution in [2.24, 2.45) is 5.11 Å². The molecule has 1 aromatic carbocycles. The molecule has 6 heteroatoms. The Balaban J connectivity index is 2.71. The van der Waals surface area contributed by atoms with Gasteiger partial charge in [-0.1, -0.05) is 17.2 Å². The van der Waals surface area contributed by atoms with Crippen molar-refractivity contribution >= 4 is 11.8 Å². The molecule has 0 bridgehead atoms. The van der Waals surface area contributed by atoms with Crippen LogP contribution in [0.15, 0.2) is 34.3 Å². The fourth-order valence-corrected chi connectivity index (χ4v) is 1.65. The van der Waals surface area contributed by atoms with E-state index in [1.165, 1.54) is 0 Å². The zero-order valence-electron chi connectivity index (χ0n) is 8.82. The van der Waals surface area contributed by atoms with Crippen molar-refractivity contribution in [3.05, 3.63) is 40.3 Å².